The molecule has 0 fully saturated rings. The molecule has 303 valence electrons. The van der Waals surface area contributed by atoms with E-state index in [4.69, 9.17) is 0 Å². The van der Waals surface area contributed by atoms with Crippen LogP contribution in [0.5, 0.6) is 0 Å². The number of rotatable bonds is 16. The Morgan fingerprint density at radius 3 is 1.28 bits per heavy atom. The molecular formula is C50H69BCl2NSi2Zr. The summed E-state index contributed by atoms with van der Waals surface area (Å²) in [5, 5.41) is 0. The number of halogens is 2. The molecule has 0 bridgehead atoms. The molecule has 7 heteroatoms. The predicted molar refractivity (Wildman–Crippen MR) is 259 cm³/mol. The van der Waals surface area contributed by atoms with Crippen molar-refractivity contribution in [3.05, 3.63) is 129 Å². The summed E-state index contributed by atoms with van der Waals surface area (Å²) in [7, 11) is 14.7. The van der Waals surface area contributed by atoms with Gasteiger partial charge in [-0.3, -0.25) is 0 Å². The van der Waals surface area contributed by atoms with Crippen LogP contribution < -0.4 is 0 Å². The van der Waals surface area contributed by atoms with E-state index in [0.717, 1.165) is 43.5 Å². The Morgan fingerprint density at radius 2 is 0.930 bits per heavy atom. The zero-order chi connectivity index (χ0) is 41.5. The van der Waals surface area contributed by atoms with Gasteiger partial charge < -0.3 is 0 Å². The van der Waals surface area contributed by atoms with Gasteiger partial charge in [-0.05, 0) is 0 Å². The summed E-state index contributed by atoms with van der Waals surface area (Å²) in [5.41, 5.74) is 16.6. The van der Waals surface area contributed by atoms with Crippen LogP contribution in [0.2, 0.25) is 39.3 Å². The van der Waals surface area contributed by atoms with E-state index < -0.39 is 32.6 Å². The third kappa shape index (κ3) is 9.02. The number of hydrogen-bond donors (Lipinski definition) is 0. The summed E-state index contributed by atoms with van der Waals surface area (Å²) < 4.78 is 2.99. The third-order valence-corrected chi connectivity index (χ3v) is 39.6. The van der Waals surface area contributed by atoms with Crippen LogP contribution in [0.25, 0.3) is 34.4 Å². The molecule has 2 unspecified atom stereocenters. The number of nitrogens with zero attached hydrogens (tertiary/aromatic N) is 1. The Labute approximate surface area is 358 Å². The van der Waals surface area contributed by atoms with Crippen molar-refractivity contribution in [1.82, 2.24) is 4.14 Å². The Morgan fingerprint density at radius 1 is 0.561 bits per heavy atom. The summed E-state index contributed by atoms with van der Waals surface area (Å²) >= 11 is -5.31. The van der Waals surface area contributed by atoms with Gasteiger partial charge in [0.25, 0.3) is 0 Å². The van der Waals surface area contributed by atoms with Gasteiger partial charge in [0, 0.05) is 0 Å². The van der Waals surface area contributed by atoms with E-state index in [2.05, 4.69) is 182 Å². The second kappa shape index (κ2) is 17.3. The van der Waals surface area contributed by atoms with Gasteiger partial charge in [-0.25, -0.2) is 0 Å². The molecule has 1 nitrogen and oxygen atoms in total. The molecule has 57 heavy (non-hydrogen) atoms. The summed E-state index contributed by atoms with van der Waals surface area (Å²) in [5.74, 6) is 1.14. The van der Waals surface area contributed by atoms with Crippen molar-refractivity contribution >= 4 is 50.6 Å². The Balaban J connectivity index is 1.67. The number of benzene rings is 4. The van der Waals surface area contributed by atoms with Crippen LogP contribution in [0.15, 0.2) is 96.1 Å². The van der Waals surface area contributed by atoms with Gasteiger partial charge in [0.15, 0.2) is 0 Å². The van der Waals surface area contributed by atoms with E-state index in [1.807, 2.05) is 0 Å². The van der Waals surface area contributed by atoms with Gasteiger partial charge in [0.05, 0.1) is 0 Å². The summed E-state index contributed by atoms with van der Waals surface area (Å²) in [4.78, 5) is 0.828. The van der Waals surface area contributed by atoms with Gasteiger partial charge >= 0.3 is 361 Å². The molecule has 0 amide bonds. The maximum atomic E-state index is 9.22. The second-order valence-electron chi connectivity index (χ2n) is 20.2. The quantitative estimate of drug-likeness (QED) is 0.101. The van der Waals surface area contributed by atoms with Crippen LogP contribution in [-0.4, -0.2) is 25.6 Å². The van der Waals surface area contributed by atoms with Crippen molar-refractivity contribution in [3.8, 4) is 22.3 Å². The van der Waals surface area contributed by atoms with Crippen LogP contribution >= 0.6 is 17.0 Å². The van der Waals surface area contributed by atoms with Crippen molar-refractivity contribution < 1.29 is 16.2 Å². The zero-order valence-corrected chi connectivity index (χ0v) is 43.2. The monoisotopic (exact) mass is 910 g/mol. The standard InChI is InChI=1S/2C22H25.C6H19BNSi2.2ClH.Zr/c2*1-4-8-17-14-19-10-7-12-21(22(19)15-17)20-11-6-5-9-18(20)13-16(2)3;1-9(2,3)8(7)10(4,5)6;;;/h2*5-7,9-12,14-16H,4,8,13H2,1-3H3;7H,1-6H3;2*1H;/q;;+1;;;+1/p-2. The average Bonchev–Trinajstić information content (AvgIpc) is 3.70. The minimum absolute atomic E-state index is 0.0187. The van der Waals surface area contributed by atoms with E-state index >= 15 is 0 Å². The van der Waals surface area contributed by atoms with Crippen molar-refractivity contribution in [2.24, 2.45) is 11.8 Å². The first-order valence-corrected chi connectivity index (χ1v) is 39.8. The Hall–Kier alpha value is -1.72. The molecule has 0 N–H and O–H groups in total. The van der Waals surface area contributed by atoms with Crippen LogP contribution in [0.4, 0.5) is 0 Å². The molecule has 6 rings (SSSR count). The zero-order valence-electron chi connectivity index (χ0n) is 37.2. The van der Waals surface area contributed by atoms with Gasteiger partial charge in [0.1, 0.15) is 0 Å². The molecule has 2 aliphatic rings. The molecule has 0 saturated heterocycles. The number of allylic oxidation sites excluding steroid dienone is 2. The fourth-order valence-corrected chi connectivity index (χ4v) is 53.0. The van der Waals surface area contributed by atoms with Crippen LogP contribution in [0, 0.1) is 11.8 Å². The van der Waals surface area contributed by atoms with Gasteiger partial charge in [0.2, 0.25) is 0 Å². The first-order chi connectivity index (χ1) is 26.8. The summed E-state index contributed by atoms with van der Waals surface area (Å²) in [6.07, 6.45) is 11.4. The fraction of sp³-hybridized carbons (Fsp3) is 0.440. The van der Waals surface area contributed by atoms with Crippen molar-refractivity contribution in [1.29, 1.82) is 0 Å². The van der Waals surface area contributed by atoms with Gasteiger partial charge in [-0.1, -0.05) is 0 Å². The SMILES string of the molecule is CCCC1=Cc2c(-c3ccccc3CC(C)C)cccc2[CH]1[Zr]([Cl])([Cl])([BH]N([Si](C)(C)C)[Si](C)(C)C)[CH]1C(CCC)=Cc2c(-c3ccccc3CC(C)C)cccc21. The molecule has 4 aromatic carbocycles. The number of hydrogen-bond acceptors (Lipinski definition) is 1. The van der Waals surface area contributed by atoms with E-state index in [-0.39, 0.29) is 7.25 Å². The molecule has 0 aliphatic heterocycles. The van der Waals surface area contributed by atoms with Gasteiger partial charge in [-0.15, -0.1) is 0 Å². The Bertz CT molecular complexity index is 2010. The summed E-state index contributed by atoms with van der Waals surface area (Å²) in [6.45, 7) is 29.1. The van der Waals surface area contributed by atoms with Crippen LogP contribution in [-0.2, 0) is 29.0 Å². The first-order valence-electron chi connectivity index (χ1n) is 22.0. The molecule has 4 aromatic rings. The molecule has 0 radical (unpaired) electrons. The van der Waals surface area contributed by atoms with Crippen molar-refractivity contribution in [2.75, 3.05) is 0 Å². The maximum absolute atomic E-state index is 9.22. The molecular weight excluding hydrogens is 844 g/mol. The van der Waals surface area contributed by atoms with E-state index in [9.17, 15) is 17.0 Å². The van der Waals surface area contributed by atoms with Crippen molar-refractivity contribution in [2.45, 2.75) is 127 Å². The molecule has 0 spiro atoms. The van der Waals surface area contributed by atoms with E-state index in [0.29, 0.717) is 11.8 Å². The predicted octanol–water partition coefficient (Wildman–Crippen LogP) is 15.8. The van der Waals surface area contributed by atoms with Crippen LogP contribution in [0.1, 0.15) is 108 Å². The average molecular weight is 913 g/mol. The fourth-order valence-electron chi connectivity index (χ4n) is 10.7. The second-order valence-corrected chi connectivity index (χ2v) is 52.4. The molecule has 2 atom stereocenters. The van der Waals surface area contributed by atoms with E-state index in [1.54, 1.807) is 0 Å². The number of fused-ring (bicyclic) bond motifs is 2. The van der Waals surface area contributed by atoms with Crippen molar-refractivity contribution in [3.63, 3.8) is 0 Å². The Kier molecular flexibility index (Phi) is 13.6. The van der Waals surface area contributed by atoms with Gasteiger partial charge in [-0.2, -0.15) is 0 Å². The molecule has 0 aromatic heterocycles. The first kappa shape index (κ1) is 44.8. The molecule has 2 aliphatic carbocycles. The minimum atomic E-state index is -5.31. The van der Waals surface area contributed by atoms with E-state index in [1.165, 1.54) is 66.8 Å². The molecule has 0 saturated carbocycles. The third-order valence-electron chi connectivity index (χ3n) is 12.5. The molecule has 0 heterocycles. The van der Waals surface area contributed by atoms with Crippen LogP contribution in [0.3, 0.4) is 0 Å². The normalized spacial score (nSPS) is 17.7. The summed E-state index contributed by atoms with van der Waals surface area (Å²) in [6, 6.07) is 32.3. The topological polar surface area (TPSA) is 3.24 Å².